The third kappa shape index (κ3) is 23.0. The standard InChI is InChI=1S/C68H116N4O49/c1-16-34(85)45(96)50(101)63(106-16)104-14-23(84)53(36(87)22(7-73)69-18(3)80)115-61-32(71-20(5)82)43(94)54(28(12-78)112-61)116-65-52(103)56(118-68-58(48(99)39(90)27(11-77)111-68)120-60-31(70-19(4)81)42(93)37(88)24(8-74)108-60)41(92)30(114-65)15-105-66-57(47(98)38(89)25(9-75)109-66)119-62-33(72-21(6)83)44(95)55(29(13-79)113-62)117-67-59(49(100)40(91)26(10-76)110-67)121-64-51(102)46(97)35(86)17(2)107-64/h16-17,22-68,73-79,84-103H,7-15H2,1-6H3,(H,69,80)(H,70,81)(H,71,82)(H,72,83)/t16-,17-,22-,23+,24+,25+,26+,27+,28+,29+,30+,31-,32+,33+,34+,35+,36+,37+,38+,39+,40-,41+,42+,43+,44+,45+,46+,47-,48-,49-,50-,51-,52-,53+,54+,55+,56-,57-,58-,59+,60-,61-,62-,63+,64-,65-,66-,67-,68+/m0/s1. The van der Waals surface area contributed by atoms with Gasteiger partial charge in [-0.15, -0.1) is 0 Å². The average Bonchev–Trinajstić information content (AvgIpc) is 0.767. The van der Waals surface area contributed by atoms with Crippen LogP contribution in [0.3, 0.4) is 0 Å². The van der Waals surface area contributed by atoms with Gasteiger partial charge in [0.1, 0.15) is 226 Å². The Bertz CT molecular complexity index is 3220. The molecule has 53 heteroatoms. The van der Waals surface area contributed by atoms with E-state index in [9.17, 15) is 157 Å². The zero-order chi connectivity index (χ0) is 89.5. The second-order valence-electron chi connectivity index (χ2n) is 30.7. The van der Waals surface area contributed by atoms with Crippen molar-refractivity contribution in [1.29, 1.82) is 0 Å². The van der Waals surface area contributed by atoms with Crippen LogP contribution in [0.4, 0.5) is 0 Å². The highest BCUT2D eigenvalue weighted by atomic mass is 16.8. The van der Waals surface area contributed by atoms with Gasteiger partial charge in [0.05, 0.1) is 77.7 Å². The van der Waals surface area contributed by atoms with Crippen molar-refractivity contribution in [3.8, 4) is 0 Å². The third-order valence-electron chi connectivity index (χ3n) is 22.0. The van der Waals surface area contributed by atoms with Crippen molar-refractivity contribution >= 4 is 23.6 Å². The summed E-state index contributed by atoms with van der Waals surface area (Å²) in [6.07, 6.45) is -93.4. The molecule has 0 aliphatic carbocycles. The number of ether oxygens (including phenoxy) is 18. The third-order valence-corrected chi connectivity index (χ3v) is 22.0. The molecule has 9 fully saturated rings. The molecule has 0 spiro atoms. The number of hydrogen-bond acceptors (Lipinski definition) is 49. The number of rotatable bonds is 34. The van der Waals surface area contributed by atoms with Crippen LogP contribution in [0.15, 0.2) is 0 Å². The fraction of sp³-hybridized carbons (Fsp3) is 0.941. The van der Waals surface area contributed by atoms with E-state index in [1.54, 1.807) is 0 Å². The Labute approximate surface area is 686 Å². The number of amides is 4. The number of carbonyl (C=O) groups is 4. The Morgan fingerprint density at radius 1 is 0.306 bits per heavy atom. The van der Waals surface area contributed by atoms with Gasteiger partial charge in [-0.3, -0.25) is 19.2 Å². The molecule has 49 atom stereocenters. The molecule has 0 bridgehead atoms. The molecule has 9 saturated heterocycles. The minimum Gasteiger partial charge on any atom is -0.394 e. The van der Waals surface area contributed by atoms with Gasteiger partial charge in [-0.2, -0.15) is 0 Å². The number of aliphatic hydroxyl groups is 27. The predicted octanol–water partition coefficient (Wildman–Crippen LogP) is -20.5. The first-order valence-corrected chi connectivity index (χ1v) is 38.8. The zero-order valence-electron chi connectivity index (χ0n) is 65.7. The summed E-state index contributed by atoms with van der Waals surface area (Å²) in [4.78, 5) is 51.2. The van der Waals surface area contributed by atoms with Gasteiger partial charge in [-0.05, 0) is 13.8 Å². The molecule has 0 aromatic carbocycles. The van der Waals surface area contributed by atoms with E-state index < -0.39 is 384 Å². The molecule has 9 aliphatic heterocycles. The van der Waals surface area contributed by atoms with E-state index in [0.29, 0.717) is 0 Å². The van der Waals surface area contributed by atoms with E-state index in [2.05, 4.69) is 21.3 Å². The van der Waals surface area contributed by atoms with E-state index in [0.717, 1.165) is 27.7 Å². The average molecular weight is 1770 g/mol. The molecule has 0 saturated carbocycles. The minimum absolute atomic E-state index is 0.863. The van der Waals surface area contributed by atoms with E-state index >= 15 is 0 Å². The van der Waals surface area contributed by atoms with Gasteiger partial charge in [0.25, 0.3) is 0 Å². The summed E-state index contributed by atoms with van der Waals surface area (Å²) >= 11 is 0. The molecule has 0 aromatic rings. The second kappa shape index (κ2) is 44.4. The van der Waals surface area contributed by atoms with Crippen molar-refractivity contribution in [3.63, 3.8) is 0 Å². The molecule has 0 unspecified atom stereocenters. The van der Waals surface area contributed by atoms with E-state index in [1.807, 2.05) is 0 Å². The molecular weight excluding hydrogens is 1660 g/mol. The Kier molecular flexibility index (Phi) is 37.0. The van der Waals surface area contributed by atoms with Crippen LogP contribution in [-0.2, 0) is 104 Å². The fourth-order valence-corrected chi connectivity index (χ4v) is 15.3. The van der Waals surface area contributed by atoms with Crippen LogP contribution in [0.25, 0.3) is 0 Å². The van der Waals surface area contributed by atoms with Crippen molar-refractivity contribution < 1.29 is 242 Å². The highest BCUT2D eigenvalue weighted by molar-refractivity contribution is 5.74. The summed E-state index contributed by atoms with van der Waals surface area (Å²) in [5.74, 6) is -3.76. The molecule has 31 N–H and O–H groups in total. The first kappa shape index (κ1) is 101. The largest absolute Gasteiger partial charge is 0.394 e. The van der Waals surface area contributed by atoms with Crippen LogP contribution in [-0.4, -0.2) is 521 Å². The molecular formula is C68H116N4O49. The van der Waals surface area contributed by atoms with Gasteiger partial charge in [-0.1, -0.05) is 0 Å². The van der Waals surface area contributed by atoms with Gasteiger partial charge in [-0.25, -0.2) is 0 Å². The van der Waals surface area contributed by atoms with Crippen LogP contribution in [0.5, 0.6) is 0 Å². The van der Waals surface area contributed by atoms with Crippen LogP contribution < -0.4 is 21.3 Å². The van der Waals surface area contributed by atoms with E-state index in [-0.39, 0.29) is 0 Å². The van der Waals surface area contributed by atoms with Gasteiger partial charge in [0, 0.05) is 27.7 Å². The van der Waals surface area contributed by atoms with Crippen LogP contribution in [0.2, 0.25) is 0 Å². The molecule has 702 valence electrons. The molecule has 4 amide bonds. The lowest BCUT2D eigenvalue weighted by Gasteiger charge is -2.51. The van der Waals surface area contributed by atoms with Crippen LogP contribution in [0, 0.1) is 0 Å². The molecule has 9 heterocycles. The van der Waals surface area contributed by atoms with Gasteiger partial charge in [0.2, 0.25) is 23.6 Å². The lowest BCUT2D eigenvalue weighted by Crippen LogP contribution is -2.70. The lowest BCUT2D eigenvalue weighted by atomic mass is 9.94. The maximum absolute atomic E-state index is 13.2. The molecule has 0 aromatic heterocycles. The quantitative estimate of drug-likeness (QED) is 0.0284. The summed E-state index contributed by atoms with van der Waals surface area (Å²) in [6.45, 7) is -3.94. The van der Waals surface area contributed by atoms with E-state index in [4.69, 9.17) is 85.3 Å². The fourth-order valence-electron chi connectivity index (χ4n) is 15.3. The SMILES string of the molecule is CC(=O)N[C@@H]1[C@H](O[C@@H]2[C@@H](O[C@@H]3[C@H](O)[C@H](O[C@H]4[C@H](O)[C@@H](NC(C)=O)[C@H](O[C@@H]([C@H](O)[C@H](CO)NC(C)=O)[C@H](O)CO[C@@H]5O[C@@H](C)[C@@H](O)[C@@H](O)[C@@H]5O)O[C@@H]4CO)O[C@H](CO[C@H]4O[C@H](CO)[C@@H](O)[C@H](O)[C@@H]4O[C@@H]4O[C@H](CO)[C@@H](O[C@@H]5O[C@H](CO)[C@H](O)[C@H](O)[C@H]5O[C@@H]5O[C@@H](C)[C@@H](O)[C@@H](O)[C@@H]5O)[C@H](O)[C@H]4NC(C)=O)[C@H]3O)O[C@H](CO)[C@@H](O)[C@@H]2O)O[C@H](CO)[C@@H](O)[C@@H]1O. The number of hydrogen-bond donors (Lipinski definition) is 31. The van der Waals surface area contributed by atoms with Crippen molar-refractivity contribution in [2.75, 3.05) is 59.5 Å². The highest BCUT2D eigenvalue weighted by Gasteiger charge is 2.61. The summed E-state index contributed by atoms with van der Waals surface area (Å²) in [6, 6.07) is -7.63. The Balaban J connectivity index is 1.05. The molecule has 53 nitrogen and oxygen atoms in total. The highest BCUT2D eigenvalue weighted by Crippen LogP contribution is 2.40. The van der Waals surface area contributed by atoms with Crippen molar-refractivity contribution in [3.05, 3.63) is 0 Å². The second-order valence-corrected chi connectivity index (χ2v) is 30.7. The lowest BCUT2D eigenvalue weighted by molar-refractivity contribution is -0.397. The smallest absolute Gasteiger partial charge is 0.217 e. The summed E-state index contributed by atoms with van der Waals surface area (Å²) < 4.78 is 107. The predicted molar refractivity (Wildman–Crippen MR) is 375 cm³/mol. The van der Waals surface area contributed by atoms with Crippen LogP contribution in [0.1, 0.15) is 41.5 Å². The molecule has 9 aliphatic rings. The minimum atomic E-state index is -2.61. The van der Waals surface area contributed by atoms with Gasteiger partial charge in [0.15, 0.2) is 56.6 Å². The Morgan fingerprint density at radius 3 is 1.08 bits per heavy atom. The Morgan fingerprint density at radius 2 is 0.645 bits per heavy atom. The van der Waals surface area contributed by atoms with Crippen LogP contribution >= 0.6 is 0 Å². The normalized spacial score (nSPS) is 47.3. The monoisotopic (exact) mass is 1770 g/mol. The maximum Gasteiger partial charge on any atom is 0.217 e. The molecule has 0 radical (unpaired) electrons. The summed E-state index contributed by atoms with van der Waals surface area (Å²) in [5.41, 5.74) is 0. The van der Waals surface area contributed by atoms with Crippen molar-refractivity contribution in [2.24, 2.45) is 0 Å². The Hall–Kier alpha value is -3.92. The number of carbonyl (C=O) groups excluding carboxylic acids is 4. The first-order valence-electron chi connectivity index (χ1n) is 38.8. The topological polar surface area (TPSA) is 829 Å². The summed E-state index contributed by atoms with van der Waals surface area (Å²) in [5, 5.41) is 311. The first-order chi connectivity index (χ1) is 57.1. The van der Waals surface area contributed by atoms with Gasteiger partial charge >= 0.3 is 0 Å². The zero-order valence-corrected chi connectivity index (χ0v) is 65.7. The number of nitrogens with one attached hydrogen (secondary N) is 4. The maximum atomic E-state index is 13.2. The molecule has 9 rings (SSSR count). The number of aliphatic hydroxyl groups excluding tert-OH is 27. The van der Waals surface area contributed by atoms with Gasteiger partial charge < -0.3 is 244 Å². The van der Waals surface area contributed by atoms with E-state index in [1.165, 1.54) is 13.8 Å². The van der Waals surface area contributed by atoms with Crippen molar-refractivity contribution in [2.45, 2.75) is 342 Å². The molecule has 121 heavy (non-hydrogen) atoms. The summed E-state index contributed by atoms with van der Waals surface area (Å²) in [7, 11) is 0. The van der Waals surface area contributed by atoms with Crippen molar-refractivity contribution in [1.82, 2.24) is 21.3 Å².